The van der Waals surface area contributed by atoms with E-state index in [0.717, 1.165) is 5.56 Å². The molecule has 2 aromatic carbocycles. The van der Waals surface area contributed by atoms with Gasteiger partial charge < -0.3 is 4.90 Å². The molecule has 0 radical (unpaired) electrons. The molecule has 26 heavy (non-hydrogen) atoms. The lowest BCUT2D eigenvalue weighted by Gasteiger charge is -2.25. The van der Waals surface area contributed by atoms with E-state index in [0.29, 0.717) is 5.02 Å². The second-order valence-electron chi connectivity index (χ2n) is 5.70. The number of benzene rings is 2. The Hall–Kier alpha value is -2.33. The number of carbonyl (C=O) groups is 1. The fraction of sp³-hybridized carbons (Fsp3) is 0.211. The number of rotatable bonds is 6. The molecule has 0 aromatic heterocycles. The number of amides is 1. The van der Waals surface area contributed by atoms with Crippen LogP contribution in [-0.4, -0.2) is 32.8 Å². The molecular formula is C19H19ClN2O3S. The van der Waals surface area contributed by atoms with E-state index in [4.69, 9.17) is 18.0 Å². The van der Waals surface area contributed by atoms with Gasteiger partial charge in [0.1, 0.15) is 0 Å². The highest BCUT2D eigenvalue weighted by atomic mass is 35.5. The second-order valence-corrected chi connectivity index (χ2v) is 7.90. The number of halogens is 1. The van der Waals surface area contributed by atoms with Gasteiger partial charge in [0, 0.05) is 17.6 Å². The molecule has 1 amide bonds. The van der Waals surface area contributed by atoms with Gasteiger partial charge in [-0.2, -0.15) is 4.72 Å². The summed E-state index contributed by atoms with van der Waals surface area (Å²) >= 11 is 5.90. The highest BCUT2D eigenvalue weighted by Gasteiger charge is 2.21. The molecule has 2 aromatic rings. The summed E-state index contributed by atoms with van der Waals surface area (Å²) in [5.41, 5.74) is 1.20. The van der Waals surface area contributed by atoms with Crippen LogP contribution in [0.4, 0.5) is 0 Å². The average Bonchev–Trinajstić information content (AvgIpc) is 2.65. The van der Waals surface area contributed by atoms with Crippen LogP contribution in [0.5, 0.6) is 0 Å². The van der Waals surface area contributed by atoms with Crippen molar-refractivity contribution in [3.8, 4) is 12.3 Å². The molecule has 1 N–H and O–H groups in total. The number of carbonyl (C=O) groups excluding carboxylic acids is 1. The molecule has 0 aliphatic carbocycles. The molecule has 0 heterocycles. The standard InChI is InChI=1S/C19H19ClN2O3S/c1-4-12-21-26(24,25)18-7-5-6-16(13-18)19(23)22(3)14(2)15-8-10-17(20)11-9-15/h1,5-11,13-14,21H,12H2,2-3H3. The Morgan fingerprint density at radius 1 is 1.27 bits per heavy atom. The van der Waals surface area contributed by atoms with Crippen LogP contribution < -0.4 is 4.72 Å². The Kier molecular flexibility index (Phi) is 6.43. The van der Waals surface area contributed by atoms with Crippen molar-refractivity contribution in [2.24, 2.45) is 0 Å². The Bertz CT molecular complexity index is 934. The molecule has 1 unspecified atom stereocenters. The molecule has 136 valence electrons. The van der Waals surface area contributed by atoms with Crippen molar-refractivity contribution in [1.82, 2.24) is 9.62 Å². The van der Waals surface area contributed by atoms with Crippen molar-refractivity contribution in [3.05, 3.63) is 64.7 Å². The summed E-state index contributed by atoms with van der Waals surface area (Å²) in [6.07, 6.45) is 5.08. The molecule has 7 heteroatoms. The van der Waals surface area contributed by atoms with Crippen LogP contribution >= 0.6 is 11.6 Å². The normalized spacial score (nSPS) is 12.2. The molecule has 0 saturated heterocycles. The molecule has 0 fully saturated rings. The Morgan fingerprint density at radius 2 is 1.92 bits per heavy atom. The van der Waals surface area contributed by atoms with Gasteiger partial charge in [0.15, 0.2) is 0 Å². The summed E-state index contributed by atoms with van der Waals surface area (Å²) in [5, 5.41) is 0.618. The van der Waals surface area contributed by atoms with Crippen molar-refractivity contribution < 1.29 is 13.2 Å². The van der Waals surface area contributed by atoms with Crippen LogP contribution in [0.3, 0.4) is 0 Å². The molecule has 0 saturated carbocycles. The molecular weight excluding hydrogens is 372 g/mol. The Morgan fingerprint density at radius 3 is 2.54 bits per heavy atom. The number of hydrogen-bond acceptors (Lipinski definition) is 3. The van der Waals surface area contributed by atoms with Crippen molar-refractivity contribution >= 4 is 27.5 Å². The molecule has 0 spiro atoms. The van der Waals surface area contributed by atoms with E-state index < -0.39 is 10.0 Å². The molecule has 5 nitrogen and oxygen atoms in total. The van der Waals surface area contributed by atoms with Crippen LogP contribution in [-0.2, 0) is 10.0 Å². The monoisotopic (exact) mass is 390 g/mol. The summed E-state index contributed by atoms with van der Waals surface area (Å²) in [4.78, 5) is 14.3. The van der Waals surface area contributed by atoms with E-state index in [1.807, 2.05) is 19.1 Å². The average molecular weight is 391 g/mol. The second kappa shape index (κ2) is 8.37. The van der Waals surface area contributed by atoms with Crippen LogP contribution in [0.25, 0.3) is 0 Å². The largest absolute Gasteiger partial charge is 0.335 e. The topological polar surface area (TPSA) is 66.5 Å². The van der Waals surface area contributed by atoms with E-state index in [1.165, 1.54) is 18.2 Å². The van der Waals surface area contributed by atoms with Crippen molar-refractivity contribution in [1.29, 1.82) is 0 Å². The van der Waals surface area contributed by atoms with Crippen LogP contribution in [0.2, 0.25) is 5.02 Å². The fourth-order valence-corrected chi connectivity index (χ4v) is 3.47. The predicted molar refractivity (Wildman–Crippen MR) is 102 cm³/mol. The summed E-state index contributed by atoms with van der Waals surface area (Å²) in [7, 11) is -2.09. The van der Waals surface area contributed by atoms with E-state index in [2.05, 4.69) is 10.6 Å². The Labute approximate surface area is 159 Å². The molecule has 1 atom stereocenters. The van der Waals surface area contributed by atoms with Gasteiger partial charge in [-0.05, 0) is 42.8 Å². The lowest BCUT2D eigenvalue weighted by atomic mass is 10.1. The highest BCUT2D eigenvalue weighted by molar-refractivity contribution is 7.89. The zero-order chi connectivity index (χ0) is 19.3. The summed E-state index contributed by atoms with van der Waals surface area (Å²) in [6.45, 7) is 1.77. The fourth-order valence-electron chi connectivity index (χ4n) is 2.36. The smallest absolute Gasteiger partial charge is 0.254 e. The first-order valence-electron chi connectivity index (χ1n) is 7.82. The minimum atomic E-state index is -3.76. The van der Waals surface area contributed by atoms with Crippen molar-refractivity contribution in [2.45, 2.75) is 17.9 Å². The minimum absolute atomic E-state index is 0.00820. The van der Waals surface area contributed by atoms with E-state index in [9.17, 15) is 13.2 Å². The van der Waals surface area contributed by atoms with Gasteiger partial charge in [-0.25, -0.2) is 8.42 Å². The number of sulfonamides is 1. The van der Waals surface area contributed by atoms with E-state index >= 15 is 0 Å². The molecule has 0 aliphatic rings. The first-order chi connectivity index (χ1) is 12.3. The third kappa shape index (κ3) is 4.64. The van der Waals surface area contributed by atoms with Crippen LogP contribution in [0, 0.1) is 12.3 Å². The zero-order valence-corrected chi connectivity index (χ0v) is 16.0. The first kappa shape index (κ1) is 20.0. The van der Waals surface area contributed by atoms with Gasteiger partial charge in [-0.1, -0.05) is 35.7 Å². The van der Waals surface area contributed by atoms with Gasteiger partial charge in [0.05, 0.1) is 17.5 Å². The van der Waals surface area contributed by atoms with Crippen molar-refractivity contribution in [3.63, 3.8) is 0 Å². The van der Waals surface area contributed by atoms with E-state index in [1.54, 1.807) is 30.1 Å². The maximum absolute atomic E-state index is 12.8. The minimum Gasteiger partial charge on any atom is -0.335 e. The van der Waals surface area contributed by atoms with Crippen LogP contribution in [0.1, 0.15) is 28.9 Å². The maximum Gasteiger partial charge on any atom is 0.254 e. The third-order valence-corrected chi connectivity index (χ3v) is 5.66. The number of nitrogens with zero attached hydrogens (tertiary/aromatic N) is 1. The van der Waals surface area contributed by atoms with Gasteiger partial charge in [0.2, 0.25) is 10.0 Å². The number of nitrogens with one attached hydrogen (secondary N) is 1. The van der Waals surface area contributed by atoms with Gasteiger partial charge in [-0.15, -0.1) is 6.42 Å². The summed E-state index contributed by atoms with van der Waals surface area (Å²) < 4.78 is 26.6. The molecule has 0 bridgehead atoms. The number of hydrogen-bond donors (Lipinski definition) is 1. The molecule has 0 aliphatic heterocycles. The quantitative estimate of drug-likeness (QED) is 0.771. The highest BCUT2D eigenvalue weighted by Crippen LogP contribution is 2.23. The van der Waals surface area contributed by atoms with Gasteiger partial charge >= 0.3 is 0 Å². The summed E-state index contributed by atoms with van der Waals surface area (Å²) in [6, 6.07) is 12.9. The van der Waals surface area contributed by atoms with Crippen LogP contribution in [0.15, 0.2) is 53.4 Å². The third-order valence-electron chi connectivity index (χ3n) is 4.01. The first-order valence-corrected chi connectivity index (χ1v) is 9.68. The maximum atomic E-state index is 12.8. The molecule has 2 rings (SSSR count). The lowest BCUT2D eigenvalue weighted by Crippen LogP contribution is -2.30. The SMILES string of the molecule is C#CCNS(=O)(=O)c1cccc(C(=O)N(C)C(C)c2ccc(Cl)cc2)c1. The van der Waals surface area contributed by atoms with Gasteiger partial charge in [-0.3, -0.25) is 4.79 Å². The lowest BCUT2D eigenvalue weighted by molar-refractivity contribution is 0.0742. The summed E-state index contributed by atoms with van der Waals surface area (Å²) in [5.74, 6) is 1.92. The zero-order valence-electron chi connectivity index (χ0n) is 14.4. The van der Waals surface area contributed by atoms with Crippen molar-refractivity contribution in [2.75, 3.05) is 13.6 Å². The van der Waals surface area contributed by atoms with Gasteiger partial charge in [0.25, 0.3) is 5.91 Å². The number of terminal acetylenes is 1. The van der Waals surface area contributed by atoms with E-state index in [-0.39, 0.29) is 29.0 Å². The Balaban J connectivity index is 2.25. The predicted octanol–water partition coefficient (Wildman–Crippen LogP) is 3.08.